The molecule has 1 unspecified atom stereocenters. The van der Waals surface area contributed by atoms with Gasteiger partial charge in [0.15, 0.2) is 0 Å². The van der Waals surface area contributed by atoms with Crippen molar-refractivity contribution in [1.82, 2.24) is 0 Å². The summed E-state index contributed by atoms with van der Waals surface area (Å²) in [5.74, 6) is 0.408. The number of hydrogen-bond donors (Lipinski definition) is 0. The predicted molar refractivity (Wildman–Crippen MR) is 37.1 cm³/mol. The Hall–Kier alpha value is -0.850. The second-order valence-electron chi connectivity index (χ2n) is 2.27. The van der Waals surface area contributed by atoms with Gasteiger partial charge < -0.3 is 0 Å². The van der Waals surface area contributed by atoms with Gasteiger partial charge in [0.25, 0.3) is 0 Å². The van der Waals surface area contributed by atoms with E-state index in [0.717, 1.165) is 6.42 Å². The van der Waals surface area contributed by atoms with Gasteiger partial charge in [-0.3, -0.25) is 4.79 Å². The maximum Gasteiger partial charge on any atom is 0.136 e. The predicted octanol–water partition coefficient (Wildman–Crippen LogP) is 1.71. The Labute approximate surface area is 55.1 Å². The van der Waals surface area contributed by atoms with Crippen molar-refractivity contribution in [3.8, 4) is 0 Å². The van der Waals surface area contributed by atoms with Crippen molar-refractivity contribution in [1.29, 1.82) is 0 Å². The normalized spacial score (nSPS) is 24.3. The number of rotatable bonds is 1. The molecule has 0 aromatic heterocycles. The van der Waals surface area contributed by atoms with Crippen LogP contribution in [0.5, 0.6) is 0 Å². The van der Waals surface area contributed by atoms with Crippen LogP contribution in [-0.2, 0) is 4.79 Å². The van der Waals surface area contributed by atoms with Gasteiger partial charge in [-0.1, -0.05) is 24.3 Å². The average molecular weight is 122 g/mol. The molecule has 1 rings (SSSR count). The number of carbonyl (C=O) groups excluding carboxylic acids is 1. The van der Waals surface area contributed by atoms with Gasteiger partial charge in [-0.05, 0) is 13.3 Å². The molecular weight excluding hydrogens is 112 g/mol. The first-order chi connectivity index (χ1) is 4.30. The van der Waals surface area contributed by atoms with Crippen LogP contribution in [-0.4, -0.2) is 5.78 Å². The molecule has 48 valence electrons. The van der Waals surface area contributed by atoms with E-state index in [4.69, 9.17) is 0 Å². The third kappa shape index (κ3) is 1.53. The number of Topliss-reactive ketones (excluding diaryl/α,β-unsaturated/α-hetero) is 1. The lowest BCUT2D eigenvalue weighted by molar-refractivity contribution is -0.119. The van der Waals surface area contributed by atoms with Crippen molar-refractivity contribution in [3.63, 3.8) is 0 Å². The summed E-state index contributed by atoms with van der Waals surface area (Å²) in [4.78, 5) is 10.7. The molecule has 0 N–H and O–H groups in total. The van der Waals surface area contributed by atoms with Crippen LogP contribution < -0.4 is 0 Å². The summed E-state index contributed by atoms with van der Waals surface area (Å²) in [6, 6.07) is 0. The standard InChI is InChI=1S/C8H10O/c1-7(9)8-5-3-2-4-6-8/h2-5,8H,6H2,1H3. The van der Waals surface area contributed by atoms with E-state index in [1.807, 2.05) is 24.3 Å². The van der Waals surface area contributed by atoms with E-state index >= 15 is 0 Å². The number of allylic oxidation sites excluding steroid dienone is 4. The van der Waals surface area contributed by atoms with Gasteiger partial charge >= 0.3 is 0 Å². The van der Waals surface area contributed by atoms with E-state index in [-0.39, 0.29) is 11.7 Å². The molecule has 0 amide bonds. The second kappa shape index (κ2) is 2.62. The third-order valence-corrected chi connectivity index (χ3v) is 1.50. The first kappa shape index (κ1) is 6.27. The maximum absolute atomic E-state index is 10.7. The molecule has 1 atom stereocenters. The van der Waals surface area contributed by atoms with Crippen molar-refractivity contribution in [2.24, 2.45) is 5.92 Å². The Morgan fingerprint density at radius 3 is 2.67 bits per heavy atom. The minimum absolute atomic E-state index is 0.148. The molecule has 0 saturated carbocycles. The van der Waals surface area contributed by atoms with Crippen LogP contribution >= 0.6 is 0 Å². The number of ketones is 1. The lowest BCUT2D eigenvalue weighted by Crippen LogP contribution is -2.07. The van der Waals surface area contributed by atoms with Crippen LogP contribution in [0.25, 0.3) is 0 Å². The molecule has 9 heavy (non-hydrogen) atoms. The Balaban J connectivity index is 2.56. The summed E-state index contributed by atoms with van der Waals surface area (Å²) in [5, 5.41) is 0. The molecule has 0 heterocycles. The van der Waals surface area contributed by atoms with E-state index in [1.165, 1.54) is 0 Å². The van der Waals surface area contributed by atoms with Crippen molar-refractivity contribution >= 4 is 5.78 Å². The Morgan fingerprint density at radius 1 is 1.56 bits per heavy atom. The van der Waals surface area contributed by atoms with Gasteiger partial charge in [-0.2, -0.15) is 0 Å². The Kier molecular flexibility index (Phi) is 1.83. The quantitative estimate of drug-likeness (QED) is 0.517. The first-order valence-corrected chi connectivity index (χ1v) is 3.14. The van der Waals surface area contributed by atoms with E-state index in [0.29, 0.717) is 0 Å². The average Bonchev–Trinajstić information content (AvgIpc) is 1.90. The van der Waals surface area contributed by atoms with Gasteiger partial charge in [-0.25, -0.2) is 0 Å². The van der Waals surface area contributed by atoms with Crippen LogP contribution in [0.4, 0.5) is 0 Å². The van der Waals surface area contributed by atoms with Crippen LogP contribution in [0.2, 0.25) is 0 Å². The fraction of sp³-hybridized carbons (Fsp3) is 0.375. The van der Waals surface area contributed by atoms with Crippen LogP contribution in [0.15, 0.2) is 24.3 Å². The van der Waals surface area contributed by atoms with Crippen LogP contribution in [0.1, 0.15) is 13.3 Å². The lowest BCUT2D eigenvalue weighted by Gasteiger charge is -2.06. The molecule has 1 heteroatoms. The molecule has 0 aromatic carbocycles. The molecule has 0 aliphatic heterocycles. The largest absolute Gasteiger partial charge is 0.299 e. The highest BCUT2D eigenvalue weighted by Gasteiger charge is 2.08. The zero-order chi connectivity index (χ0) is 6.69. The van der Waals surface area contributed by atoms with Crippen LogP contribution in [0.3, 0.4) is 0 Å². The van der Waals surface area contributed by atoms with Gasteiger partial charge in [-0.15, -0.1) is 0 Å². The molecule has 1 aliphatic carbocycles. The summed E-state index contributed by atoms with van der Waals surface area (Å²) in [6.07, 6.45) is 8.75. The summed E-state index contributed by atoms with van der Waals surface area (Å²) >= 11 is 0. The molecule has 1 nitrogen and oxygen atoms in total. The molecular formula is C8H10O. The summed E-state index contributed by atoms with van der Waals surface area (Å²) in [7, 11) is 0. The third-order valence-electron chi connectivity index (χ3n) is 1.50. The van der Waals surface area contributed by atoms with Crippen molar-refractivity contribution in [2.75, 3.05) is 0 Å². The molecule has 0 aromatic rings. The molecule has 0 bridgehead atoms. The van der Waals surface area contributed by atoms with Gasteiger partial charge in [0, 0.05) is 5.92 Å². The highest BCUT2D eigenvalue weighted by molar-refractivity contribution is 5.80. The summed E-state index contributed by atoms with van der Waals surface area (Å²) in [6.45, 7) is 1.63. The monoisotopic (exact) mass is 122 g/mol. The molecule has 1 aliphatic rings. The molecule has 0 saturated heterocycles. The highest BCUT2D eigenvalue weighted by atomic mass is 16.1. The number of carbonyl (C=O) groups is 1. The Morgan fingerprint density at radius 2 is 2.33 bits per heavy atom. The Bertz CT molecular complexity index is 165. The fourth-order valence-electron chi connectivity index (χ4n) is 0.882. The SMILES string of the molecule is CC(=O)C1C=CC=CC1. The zero-order valence-corrected chi connectivity index (χ0v) is 5.50. The van der Waals surface area contributed by atoms with Crippen molar-refractivity contribution in [2.45, 2.75) is 13.3 Å². The lowest BCUT2D eigenvalue weighted by atomic mass is 9.97. The smallest absolute Gasteiger partial charge is 0.136 e. The maximum atomic E-state index is 10.7. The van der Waals surface area contributed by atoms with Gasteiger partial charge in [0.2, 0.25) is 0 Å². The zero-order valence-electron chi connectivity index (χ0n) is 5.50. The fourth-order valence-corrected chi connectivity index (χ4v) is 0.882. The summed E-state index contributed by atoms with van der Waals surface area (Å²) < 4.78 is 0. The number of hydrogen-bond acceptors (Lipinski definition) is 1. The summed E-state index contributed by atoms with van der Waals surface area (Å²) in [5.41, 5.74) is 0. The van der Waals surface area contributed by atoms with E-state index < -0.39 is 0 Å². The van der Waals surface area contributed by atoms with Gasteiger partial charge in [0.1, 0.15) is 5.78 Å². The topological polar surface area (TPSA) is 17.1 Å². The molecule has 0 fully saturated rings. The minimum atomic E-state index is 0.148. The van der Waals surface area contributed by atoms with Gasteiger partial charge in [0.05, 0.1) is 0 Å². The minimum Gasteiger partial charge on any atom is -0.299 e. The van der Waals surface area contributed by atoms with E-state index in [2.05, 4.69) is 0 Å². The first-order valence-electron chi connectivity index (χ1n) is 3.14. The molecule has 0 spiro atoms. The van der Waals surface area contributed by atoms with Crippen LogP contribution in [0, 0.1) is 5.92 Å². The highest BCUT2D eigenvalue weighted by Crippen LogP contribution is 2.11. The second-order valence-corrected chi connectivity index (χ2v) is 2.27. The van der Waals surface area contributed by atoms with E-state index in [1.54, 1.807) is 6.92 Å². The van der Waals surface area contributed by atoms with E-state index in [9.17, 15) is 4.79 Å². The van der Waals surface area contributed by atoms with Crippen molar-refractivity contribution < 1.29 is 4.79 Å². The molecule has 0 radical (unpaired) electrons. The van der Waals surface area contributed by atoms with Crippen molar-refractivity contribution in [3.05, 3.63) is 24.3 Å².